The average molecular weight is 186 g/mol. The maximum atomic E-state index is 10.3. The van der Waals surface area contributed by atoms with E-state index in [1.807, 2.05) is 0 Å². The Morgan fingerprint density at radius 2 is 2.22 bits per heavy atom. The van der Waals surface area contributed by atoms with E-state index in [2.05, 4.69) is 11.1 Å². The molecule has 9 heavy (non-hydrogen) atoms. The summed E-state index contributed by atoms with van der Waals surface area (Å²) in [5.41, 5.74) is 0. The zero-order chi connectivity index (χ0) is 7.49. The predicted octanol–water partition coefficient (Wildman–Crippen LogP) is 2.63. The molecule has 0 fully saturated rings. The summed E-state index contributed by atoms with van der Waals surface area (Å²) >= 11 is 9.79. The molecule has 50 valence electrons. The van der Waals surface area contributed by atoms with Crippen LogP contribution in [0.25, 0.3) is 0 Å². The molecule has 0 unspecified atom stereocenters. The molecular formula is C3H2Cl2NO2P. The Labute approximate surface area is 61.9 Å². The number of rotatable bonds is 2. The zero-order valence-corrected chi connectivity index (χ0v) is 6.58. The lowest BCUT2D eigenvalue weighted by atomic mass is 10.7. The third-order valence-corrected chi connectivity index (χ3v) is 1.19. The largest absolute Gasteiger partial charge is 0.428 e. The van der Waals surface area contributed by atoms with E-state index >= 15 is 0 Å². The molecule has 0 saturated heterocycles. The molecule has 0 N–H and O–H groups in total. The highest BCUT2D eigenvalue weighted by Gasteiger charge is 2.15. The third-order valence-electron chi connectivity index (χ3n) is 0.341. The van der Waals surface area contributed by atoms with Gasteiger partial charge in [0.25, 0.3) is 0 Å². The van der Waals surface area contributed by atoms with Gasteiger partial charge in [0, 0.05) is 22.5 Å². The lowest BCUT2D eigenvalue weighted by molar-refractivity contribution is 0.450. The molecular weight excluding hydrogens is 184 g/mol. The summed E-state index contributed by atoms with van der Waals surface area (Å²) in [6, 6.07) is 1.46. The SMILES string of the molecule is C=C(C#N)OP(=O)(Cl)Cl. The first-order valence-electron chi connectivity index (χ1n) is 1.73. The van der Waals surface area contributed by atoms with Crippen molar-refractivity contribution in [3.8, 4) is 6.07 Å². The number of hydrogen-bond donors (Lipinski definition) is 0. The predicted molar refractivity (Wildman–Crippen MR) is 35.2 cm³/mol. The van der Waals surface area contributed by atoms with E-state index in [4.69, 9.17) is 27.7 Å². The van der Waals surface area contributed by atoms with Crippen LogP contribution in [0.4, 0.5) is 0 Å². The van der Waals surface area contributed by atoms with E-state index in [1.54, 1.807) is 0 Å². The summed E-state index contributed by atoms with van der Waals surface area (Å²) in [6.45, 7) is 3.03. The maximum Gasteiger partial charge on any atom is 0.428 e. The molecule has 0 aromatic heterocycles. The van der Waals surface area contributed by atoms with Crippen LogP contribution in [0, 0.1) is 11.3 Å². The smallest absolute Gasteiger partial charge is 0.412 e. The van der Waals surface area contributed by atoms with E-state index in [1.165, 1.54) is 6.07 Å². The second-order valence-corrected chi connectivity index (χ2v) is 5.24. The summed E-state index contributed by atoms with van der Waals surface area (Å²) in [6.07, 6.45) is -3.62. The minimum absolute atomic E-state index is 0.358. The molecule has 0 aliphatic rings. The van der Waals surface area contributed by atoms with Crippen molar-refractivity contribution in [3.05, 3.63) is 12.3 Å². The highest BCUT2D eigenvalue weighted by molar-refractivity contribution is 8.05. The molecule has 0 aromatic carbocycles. The molecule has 0 aliphatic carbocycles. The maximum absolute atomic E-state index is 10.3. The number of hydrogen-bond acceptors (Lipinski definition) is 3. The normalized spacial score (nSPS) is 9.89. The van der Waals surface area contributed by atoms with Crippen LogP contribution in [0.1, 0.15) is 0 Å². The van der Waals surface area contributed by atoms with Crippen LogP contribution < -0.4 is 0 Å². The Kier molecular flexibility index (Phi) is 3.07. The van der Waals surface area contributed by atoms with Gasteiger partial charge < -0.3 is 4.52 Å². The minimum atomic E-state index is -3.62. The van der Waals surface area contributed by atoms with Crippen molar-refractivity contribution in [1.29, 1.82) is 5.26 Å². The van der Waals surface area contributed by atoms with Crippen LogP contribution in [0.3, 0.4) is 0 Å². The molecule has 0 aromatic rings. The molecule has 0 rings (SSSR count). The fraction of sp³-hybridized carbons (Fsp3) is 0. The standard InChI is InChI=1S/C3H2Cl2NO2P/c1-3(2-6)8-9(4,5)7/h1H2. The molecule has 0 heterocycles. The fourth-order valence-electron chi connectivity index (χ4n) is 0.149. The van der Waals surface area contributed by atoms with Crippen LogP contribution in [-0.2, 0) is 9.09 Å². The number of nitriles is 1. The van der Waals surface area contributed by atoms with Crippen LogP contribution in [0.2, 0.25) is 0 Å². The molecule has 0 bridgehead atoms. The molecule has 0 amide bonds. The van der Waals surface area contributed by atoms with Crippen LogP contribution in [-0.4, -0.2) is 0 Å². The highest BCUT2D eigenvalue weighted by Crippen LogP contribution is 2.58. The topological polar surface area (TPSA) is 50.1 Å². The lowest BCUT2D eigenvalue weighted by Crippen LogP contribution is -1.75. The third kappa shape index (κ3) is 5.72. The van der Waals surface area contributed by atoms with E-state index in [-0.39, 0.29) is 5.76 Å². The Bertz CT molecular complexity index is 202. The van der Waals surface area contributed by atoms with E-state index in [0.29, 0.717) is 0 Å². The summed E-state index contributed by atoms with van der Waals surface area (Å²) in [4.78, 5) is 0. The van der Waals surface area contributed by atoms with Gasteiger partial charge in [-0.15, -0.1) is 0 Å². The van der Waals surface area contributed by atoms with Crippen LogP contribution in [0.5, 0.6) is 0 Å². The second-order valence-electron chi connectivity index (χ2n) is 1.04. The Morgan fingerprint density at radius 3 is 2.33 bits per heavy atom. The molecule has 0 saturated carbocycles. The number of nitrogens with zero attached hydrogens (tertiary/aromatic N) is 1. The van der Waals surface area contributed by atoms with Crippen LogP contribution in [0.15, 0.2) is 12.3 Å². The highest BCUT2D eigenvalue weighted by atomic mass is 35.9. The van der Waals surface area contributed by atoms with Crippen molar-refractivity contribution in [1.82, 2.24) is 0 Å². The van der Waals surface area contributed by atoms with E-state index in [0.717, 1.165) is 0 Å². The van der Waals surface area contributed by atoms with Gasteiger partial charge in [0.1, 0.15) is 6.07 Å². The lowest BCUT2D eigenvalue weighted by Gasteiger charge is -1.99. The first-order valence-corrected chi connectivity index (χ1v) is 5.17. The second kappa shape index (κ2) is 3.12. The Hall–Kier alpha value is -0.160. The molecule has 0 aliphatic heterocycles. The summed E-state index contributed by atoms with van der Waals surface area (Å²) in [5, 5.41) is 7.99. The van der Waals surface area contributed by atoms with Gasteiger partial charge in [0.15, 0.2) is 5.76 Å². The van der Waals surface area contributed by atoms with Gasteiger partial charge in [-0.3, -0.25) is 0 Å². The summed E-state index contributed by atoms with van der Waals surface area (Å²) < 4.78 is 14.4. The van der Waals surface area contributed by atoms with Gasteiger partial charge in [-0.2, -0.15) is 5.26 Å². The molecule has 3 nitrogen and oxygen atoms in total. The fourth-order valence-corrected chi connectivity index (χ4v) is 0.946. The van der Waals surface area contributed by atoms with Crippen molar-refractivity contribution in [2.45, 2.75) is 0 Å². The van der Waals surface area contributed by atoms with E-state index < -0.39 is 6.07 Å². The number of allylic oxidation sites excluding steroid dienone is 1. The van der Waals surface area contributed by atoms with Gasteiger partial charge in [0.05, 0.1) is 0 Å². The van der Waals surface area contributed by atoms with Gasteiger partial charge in [-0.1, -0.05) is 0 Å². The molecule has 0 radical (unpaired) electrons. The van der Waals surface area contributed by atoms with Crippen molar-refractivity contribution in [2.75, 3.05) is 0 Å². The van der Waals surface area contributed by atoms with Gasteiger partial charge in [-0.25, -0.2) is 4.57 Å². The summed E-state index contributed by atoms with van der Waals surface area (Å²) in [5.74, 6) is -0.358. The van der Waals surface area contributed by atoms with Crippen molar-refractivity contribution < 1.29 is 9.09 Å². The van der Waals surface area contributed by atoms with Gasteiger partial charge >= 0.3 is 6.07 Å². The Morgan fingerprint density at radius 1 is 1.78 bits per heavy atom. The molecule has 6 heteroatoms. The quantitative estimate of drug-likeness (QED) is 0.378. The Balaban J connectivity index is 3.94. The summed E-state index contributed by atoms with van der Waals surface area (Å²) in [7, 11) is 0. The average Bonchev–Trinajstić information content (AvgIpc) is 1.62. The van der Waals surface area contributed by atoms with Gasteiger partial charge in [-0.05, 0) is 6.58 Å². The van der Waals surface area contributed by atoms with Crippen molar-refractivity contribution >= 4 is 28.6 Å². The van der Waals surface area contributed by atoms with Gasteiger partial charge in [0.2, 0.25) is 0 Å². The first-order chi connectivity index (χ1) is 3.95. The zero-order valence-electron chi connectivity index (χ0n) is 4.17. The molecule has 0 atom stereocenters. The monoisotopic (exact) mass is 185 g/mol. The van der Waals surface area contributed by atoms with Crippen molar-refractivity contribution in [2.24, 2.45) is 0 Å². The molecule has 0 spiro atoms. The number of halogens is 2. The van der Waals surface area contributed by atoms with E-state index in [9.17, 15) is 4.57 Å². The van der Waals surface area contributed by atoms with Crippen molar-refractivity contribution in [3.63, 3.8) is 0 Å². The minimum Gasteiger partial charge on any atom is -0.412 e. The first kappa shape index (κ1) is 8.84. The van der Waals surface area contributed by atoms with Crippen LogP contribution >= 0.6 is 28.6 Å².